The number of amides is 1. The smallest absolute Gasteiger partial charge is 0.325 e. The molecule has 0 bridgehead atoms. The summed E-state index contributed by atoms with van der Waals surface area (Å²) in [6.45, 7) is 2.01. The fourth-order valence-corrected chi connectivity index (χ4v) is 1.24. The minimum absolute atomic E-state index is 0.115. The molecule has 0 aliphatic heterocycles. The van der Waals surface area contributed by atoms with Gasteiger partial charge < -0.3 is 9.64 Å². The number of nitrogens with zero attached hydrogens (tertiary/aromatic N) is 3. The van der Waals surface area contributed by atoms with E-state index in [0.29, 0.717) is 6.54 Å². The van der Waals surface area contributed by atoms with Crippen molar-refractivity contribution in [2.45, 2.75) is 6.92 Å². The number of rotatable bonds is 4. The van der Waals surface area contributed by atoms with Gasteiger partial charge in [-0.15, -0.1) is 10.2 Å². The van der Waals surface area contributed by atoms with Gasteiger partial charge in [0.2, 0.25) is 0 Å². The van der Waals surface area contributed by atoms with Crippen molar-refractivity contribution < 1.29 is 14.3 Å². The van der Waals surface area contributed by atoms with Crippen molar-refractivity contribution in [3.05, 3.63) is 23.0 Å². The number of carbonyl (C=O) groups excluding carboxylic acids is 2. The van der Waals surface area contributed by atoms with E-state index in [9.17, 15) is 9.59 Å². The summed E-state index contributed by atoms with van der Waals surface area (Å²) in [6, 6.07) is 2.92. The second kappa shape index (κ2) is 6.15. The summed E-state index contributed by atoms with van der Waals surface area (Å²) in [7, 11) is 1.27. The Hall–Kier alpha value is -1.69. The number of hydrogen-bond acceptors (Lipinski definition) is 5. The molecule has 6 nitrogen and oxygen atoms in total. The number of ether oxygens (including phenoxy) is 1. The quantitative estimate of drug-likeness (QED) is 0.745. The first kappa shape index (κ1) is 13.4. The van der Waals surface area contributed by atoms with E-state index >= 15 is 0 Å². The van der Waals surface area contributed by atoms with E-state index in [1.165, 1.54) is 24.1 Å². The first-order valence-electron chi connectivity index (χ1n) is 4.93. The van der Waals surface area contributed by atoms with E-state index in [0.717, 1.165) is 0 Å². The molecule has 0 radical (unpaired) electrons. The minimum atomic E-state index is -0.484. The first-order chi connectivity index (χ1) is 8.08. The number of carbonyl (C=O) groups is 2. The van der Waals surface area contributed by atoms with Crippen molar-refractivity contribution >= 4 is 23.5 Å². The van der Waals surface area contributed by atoms with Gasteiger partial charge in [-0.25, -0.2) is 0 Å². The molecule has 7 heteroatoms. The second-order valence-electron chi connectivity index (χ2n) is 3.14. The van der Waals surface area contributed by atoms with Gasteiger partial charge in [0, 0.05) is 6.54 Å². The maximum absolute atomic E-state index is 11.9. The summed E-state index contributed by atoms with van der Waals surface area (Å²) in [4.78, 5) is 24.3. The molecular weight excluding hydrogens is 246 g/mol. The molecular formula is C10H12ClN3O3. The van der Waals surface area contributed by atoms with Crippen LogP contribution in [0.25, 0.3) is 0 Å². The van der Waals surface area contributed by atoms with Gasteiger partial charge in [-0.2, -0.15) is 0 Å². The van der Waals surface area contributed by atoms with Crippen molar-refractivity contribution in [1.29, 1.82) is 0 Å². The van der Waals surface area contributed by atoms with Crippen molar-refractivity contribution in [3.63, 3.8) is 0 Å². The van der Waals surface area contributed by atoms with Gasteiger partial charge in [0.25, 0.3) is 5.91 Å². The average Bonchev–Trinajstić information content (AvgIpc) is 2.35. The number of likely N-dealkylation sites (N-methyl/N-ethyl adjacent to an activating group) is 1. The molecule has 1 rings (SSSR count). The van der Waals surface area contributed by atoms with Crippen LogP contribution in [0.5, 0.6) is 0 Å². The summed E-state index contributed by atoms with van der Waals surface area (Å²) in [5.41, 5.74) is 0.139. The van der Waals surface area contributed by atoms with Crippen LogP contribution in [0, 0.1) is 0 Å². The molecule has 0 aromatic carbocycles. The Morgan fingerprint density at radius 3 is 2.59 bits per heavy atom. The van der Waals surface area contributed by atoms with Crippen LogP contribution in [0.1, 0.15) is 17.4 Å². The molecule has 17 heavy (non-hydrogen) atoms. The number of esters is 1. The predicted octanol–water partition coefficient (Wildman–Crippen LogP) is 0.765. The molecule has 0 spiro atoms. The molecule has 0 atom stereocenters. The third kappa shape index (κ3) is 3.67. The van der Waals surface area contributed by atoms with Crippen molar-refractivity contribution in [1.82, 2.24) is 15.1 Å². The lowest BCUT2D eigenvalue weighted by Crippen LogP contribution is -2.36. The minimum Gasteiger partial charge on any atom is -0.468 e. The van der Waals surface area contributed by atoms with Crippen LogP contribution in [-0.4, -0.2) is 47.2 Å². The number of hydrogen-bond donors (Lipinski definition) is 0. The fourth-order valence-electron chi connectivity index (χ4n) is 1.14. The molecule has 0 N–H and O–H groups in total. The zero-order chi connectivity index (χ0) is 12.8. The molecule has 0 unspecified atom stereocenters. The van der Waals surface area contributed by atoms with Crippen LogP contribution in [0.15, 0.2) is 12.1 Å². The summed E-state index contributed by atoms with van der Waals surface area (Å²) < 4.78 is 4.50. The lowest BCUT2D eigenvalue weighted by atomic mass is 10.3. The Bertz CT molecular complexity index is 408. The largest absolute Gasteiger partial charge is 0.468 e. The topological polar surface area (TPSA) is 72.4 Å². The molecule has 0 aliphatic carbocycles. The summed E-state index contributed by atoms with van der Waals surface area (Å²) >= 11 is 5.56. The molecule has 1 amide bonds. The highest BCUT2D eigenvalue weighted by Gasteiger charge is 2.18. The van der Waals surface area contributed by atoms with Gasteiger partial charge in [-0.05, 0) is 19.1 Å². The highest BCUT2D eigenvalue weighted by Crippen LogP contribution is 2.05. The zero-order valence-electron chi connectivity index (χ0n) is 9.51. The fraction of sp³-hybridized carbons (Fsp3) is 0.400. The molecule has 0 saturated carbocycles. The maximum Gasteiger partial charge on any atom is 0.325 e. The van der Waals surface area contributed by atoms with E-state index in [1.54, 1.807) is 6.92 Å². The Balaban J connectivity index is 2.78. The SMILES string of the molecule is CCN(CC(=O)OC)C(=O)c1ccc(Cl)nn1. The highest BCUT2D eigenvalue weighted by atomic mass is 35.5. The van der Waals surface area contributed by atoms with Gasteiger partial charge in [-0.3, -0.25) is 9.59 Å². The Labute approximate surface area is 104 Å². The first-order valence-corrected chi connectivity index (χ1v) is 5.31. The molecule has 0 fully saturated rings. The highest BCUT2D eigenvalue weighted by molar-refractivity contribution is 6.29. The number of halogens is 1. The van der Waals surface area contributed by atoms with Gasteiger partial charge in [0.1, 0.15) is 6.54 Å². The van der Waals surface area contributed by atoms with Crippen LogP contribution < -0.4 is 0 Å². The Morgan fingerprint density at radius 2 is 2.12 bits per heavy atom. The Morgan fingerprint density at radius 1 is 1.41 bits per heavy atom. The van der Waals surface area contributed by atoms with Crippen LogP contribution in [0.3, 0.4) is 0 Å². The molecule has 1 aromatic heterocycles. The lowest BCUT2D eigenvalue weighted by Gasteiger charge is -2.18. The van der Waals surface area contributed by atoms with Crippen molar-refractivity contribution in [2.24, 2.45) is 0 Å². The van der Waals surface area contributed by atoms with Gasteiger partial charge in [0.05, 0.1) is 7.11 Å². The summed E-state index contributed by atoms with van der Waals surface area (Å²) in [5, 5.41) is 7.43. The average molecular weight is 258 g/mol. The van der Waals surface area contributed by atoms with Crippen molar-refractivity contribution in [2.75, 3.05) is 20.2 Å². The van der Waals surface area contributed by atoms with Crippen molar-refractivity contribution in [3.8, 4) is 0 Å². The third-order valence-electron chi connectivity index (χ3n) is 2.07. The van der Waals surface area contributed by atoms with E-state index in [2.05, 4.69) is 14.9 Å². The number of aromatic nitrogens is 2. The normalized spacial score (nSPS) is 9.82. The van der Waals surface area contributed by atoms with Crippen LogP contribution in [0.2, 0.25) is 5.15 Å². The second-order valence-corrected chi connectivity index (χ2v) is 3.52. The monoisotopic (exact) mass is 257 g/mol. The number of methoxy groups -OCH3 is 1. The molecule has 1 heterocycles. The van der Waals surface area contributed by atoms with Gasteiger partial charge in [-0.1, -0.05) is 11.6 Å². The lowest BCUT2D eigenvalue weighted by molar-refractivity contribution is -0.141. The summed E-state index contributed by atoms with van der Waals surface area (Å²) in [6.07, 6.45) is 0. The van der Waals surface area contributed by atoms with E-state index < -0.39 is 5.97 Å². The predicted molar refractivity (Wildman–Crippen MR) is 60.6 cm³/mol. The maximum atomic E-state index is 11.9. The van der Waals surface area contributed by atoms with Gasteiger partial charge in [0.15, 0.2) is 10.8 Å². The summed E-state index contributed by atoms with van der Waals surface area (Å²) in [5.74, 6) is -0.871. The molecule has 92 valence electrons. The van der Waals surface area contributed by atoms with E-state index in [1.807, 2.05) is 0 Å². The Kier molecular flexibility index (Phi) is 4.84. The van der Waals surface area contributed by atoms with Crippen LogP contribution in [0.4, 0.5) is 0 Å². The van der Waals surface area contributed by atoms with Crippen LogP contribution in [-0.2, 0) is 9.53 Å². The molecule has 0 aliphatic rings. The molecule has 1 aromatic rings. The van der Waals surface area contributed by atoms with Gasteiger partial charge >= 0.3 is 5.97 Å². The molecule has 0 saturated heterocycles. The zero-order valence-corrected chi connectivity index (χ0v) is 10.3. The van der Waals surface area contributed by atoms with E-state index in [4.69, 9.17) is 11.6 Å². The third-order valence-corrected chi connectivity index (χ3v) is 2.27. The van der Waals surface area contributed by atoms with Crippen LogP contribution >= 0.6 is 11.6 Å². The standard InChI is InChI=1S/C10H12ClN3O3/c1-3-14(6-9(15)17-2)10(16)7-4-5-8(11)13-12-7/h4-5H,3,6H2,1-2H3. The van der Waals surface area contributed by atoms with E-state index in [-0.39, 0.29) is 23.3 Å².